The van der Waals surface area contributed by atoms with E-state index in [4.69, 9.17) is 9.47 Å². The standard InChI is InChI=1S/C22H22O4/c1-3-4-5-6-10-13-25-20-15-19(14-17(2)21(20)22(23)24)26-16-18-11-8-7-9-12-18/h3-12,14-15H,1,13,16H2,2H3,(H,23,24)/b5-4-,10-6+. The molecule has 0 atom stereocenters. The molecule has 1 N–H and O–H groups in total. The maximum absolute atomic E-state index is 11.5. The van der Waals surface area contributed by atoms with E-state index in [2.05, 4.69) is 6.58 Å². The van der Waals surface area contributed by atoms with Crippen LogP contribution in [0.3, 0.4) is 0 Å². The third kappa shape index (κ3) is 5.67. The number of hydrogen-bond acceptors (Lipinski definition) is 3. The van der Waals surface area contributed by atoms with Crippen LogP contribution in [0.5, 0.6) is 11.5 Å². The number of allylic oxidation sites excluding steroid dienone is 4. The Morgan fingerprint density at radius 3 is 2.58 bits per heavy atom. The van der Waals surface area contributed by atoms with Crippen LogP contribution in [0.2, 0.25) is 0 Å². The molecule has 4 heteroatoms. The lowest BCUT2D eigenvalue weighted by Gasteiger charge is -2.13. The van der Waals surface area contributed by atoms with Crippen LogP contribution in [0.4, 0.5) is 0 Å². The zero-order chi connectivity index (χ0) is 18.8. The van der Waals surface area contributed by atoms with Crippen molar-refractivity contribution in [2.24, 2.45) is 0 Å². The van der Waals surface area contributed by atoms with Gasteiger partial charge in [-0.3, -0.25) is 0 Å². The van der Waals surface area contributed by atoms with E-state index in [1.807, 2.05) is 42.5 Å². The summed E-state index contributed by atoms with van der Waals surface area (Å²) in [6.45, 7) is 5.97. The highest BCUT2D eigenvalue weighted by atomic mass is 16.5. The largest absolute Gasteiger partial charge is 0.489 e. The maximum Gasteiger partial charge on any atom is 0.339 e. The Kier molecular flexibility index (Phi) is 7.25. The molecule has 2 rings (SSSR count). The summed E-state index contributed by atoms with van der Waals surface area (Å²) in [6, 6.07) is 13.1. The predicted octanol–water partition coefficient (Wildman–Crippen LogP) is 4.95. The van der Waals surface area contributed by atoms with E-state index in [0.717, 1.165) is 5.56 Å². The van der Waals surface area contributed by atoms with Gasteiger partial charge in [-0.2, -0.15) is 0 Å². The van der Waals surface area contributed by atoms with Gasteiger partial charge in [0.2, 0.25) is 0 Å². The van der Waals surface area contributed by atoms with Gasteiger partial charge >= 0.3 is 5.97 Å². The van der Waals surface area contributed by atoms with Gasteiger partial charge in [0.15, 0.2) is 0 Å². The summed E-state index contributed by atoms with van der Waals surface area (Å²) in [6.07, 6.45) is 8.88. The number of carboxylic acids is 1. The topological polar surface area (TPSA) is 55.8 Å². The lowest BCUT2D eigenvalue weighted by molar-refractivity contribution is 0.0692. The highest BCUT2D eigenvalue weighted by Gasteiger charge is 2.16. The first kappa shape index (κ1) is 19.1. The molecule has 0 radical (unpaired) electrons. The van der Waals surface area contributed by atoms with Gasteiger partial charge < -0.3 is 14.6 Å². The minimum absolute atomic E-state index is 0.145. The van der Waals surface area contributed by atoms with Gasteiger partial charge in [0.1, 0.15) is 30.3 Å². The maximum atomic E-state index is 11.5. The van der Waals surface area contributed by atoms with E-state index in [1.54, 1.807) is 37.3 Å². The van der Waals surface area contributed by atoms with Gasteiger partial charge in [-0.15, -0.1) is 0 Å². The Bertz CT molecular complexity index is 804. The normalized spacial score (nSPS) is 11.0. The second kappa shape index (κ2) is 9.89. The quantitative estimate of drug-likeness (QED) is 0.650. The van der Waals surface area contributed by atoms with Crippen molar-refractivity contribution in [3.8, 4) is 11.5 Å². The third-order valence-corrected chi connectivity index (χ3v) is 3.56. The molecule has 0 aliphatic heterocycles. The lowest BCUT2D eigenvalue weighted by atomic mass is 10.1. The summed E-state index contributed by atoms with van der Waals surface area (Å²) in [5.74, 6) is -0.164. The van der Waals surface area contributed by atoms with E-state index in [9.17, 15) is 9.90 Å². The Balaban J connectivity index is 2.14. The molecular formula is C22H22O4. The smallest absolute Gasteiger partial charge is 0.339 e. The Labute approximate surface area is 153 Å². The fourth-order valence-electron chi connectivity index (χ4n) is 2.35. The summed E-state index contributed by atoms with van der Waals surface area (Å²) >= 11 is 0. The Morgan fingerprint density at radius 1 is 1.12 bits per heavy atom. The van der Waals surface area contributed by atoms with Crippen molar-refractivity contribution in [3.63, 3.8) is 0 Å². The van der Waals surface area contributed by atoms with Gasteiger partial charge in [0.05, 0.1) is 0 Å². The van der Waals surface area contributed by atoms with Crippen molar-refractivity contribution in [2.45, 2.75) is 13.5 Å². The van der Waals surface area contributed by atoms with Crippen LogP contribution in [-0.2, 0) is 6.61 Å². The average molecular weight is 350 g/mol. The van der Waals surface area contributed by atoms with E-state index in [0.29, 0.717) is 17.9 Å². The van der Waals surface area contributed by atoms with Crippen molar-refractivity contribution >= 4 is 5.97 Å². The second-order valence-electron chi connectivity index (χ2n) is 5.55. The summed E-state index contributed by atoms with van der Waals surface area (Å²) in [5.41, 5.74) is 1.77. The minimum atomic E-state index is -1.03. The van der Waals surface area contributed by atoms with E-state index in [-0.39, 0.29) is 17.9 Å². The first-order valence-corrected chi connectivity index (χ1v) is 8.23. The monoisotopic (exact) mass is 350 g/mol. The summed E-state index contributed by atoms with van der Waals surface area (Å²) in [7, 11) is 0. The number of hydrogen-bond donors (Lipinski definition) is 1. The van der Waals surface area contributed by atoms with Crippen LogP contribution in [0.15, 0.2) is 79.4 Å². The molecule has 2 aromatic rings. The number of carbonyl (C=O) groups is 1. The summed E-state index contributed by atoms with van der Waals surface area (Å²) in [5, 5.41) is 9.46. The molecule has 0 aliphatic rings. The molecule has 0 fully saturated rings. The zero-order valence-corrected chi connectivity index (χ0v) is 14.7. The van der Waals surface area contributed by atoms with Gasteiger partial charge in [-0.05, 0) is 30.2 Å². The van der Waals surface area contributed by atoms with Crippen LogP contribution in [0.25, 0.3) is 0 Å². The first-order chi connectivity index (χ1) is 12.6. The van der Waals surface area contributed by atoms with Gasteiger partial charge in [0, 0.05) is 6.07 Å². The molecule has 0 unspecified atom stereocenters. The van der Waals surface area contributed by atoms with Crippen molar-refractivity contribution < 1.29 is 19.4 Å². The van der Waals surface area contributed by atoms with Crippen molar-refractivity contribution in [3.05, 3.63) is 96.1 Å². The van der Waals surface area contributed by atoms with Crippen molar-refractivity contribution in [1.29, 1.82) is 0 Å². The fraction of sp³-hybridized carbons (Fsp3) is 0.136. The zero-order valence-electron chi connectivity index (χ0n) is 14.7. The fourth-order valence-corrected chi connectivity index (χ4v) is 2.35. The molecule has 0 spiro atoms. The molecule has 0 aliphatic carbocycles. The molecule has 0 heterocycles. The van der Waals surface area contributed by atoms with Gasteiger partial charge in [-0.25, -0.2) is 4.79 Å². The van der Waals surface area contributed by atoms with Crippen molar-refractivity contribution in [1.82, 2.24) is 0 Å². The molecule has 4 nitrogen and oxygen atoms in total. The van der Waals surface area contributed by atoms with E-state index in [1.165, 1.54) is 0 Å². The predicted molar refractivity (Wildman–Crippen MR) is 103 cm³/mol. The molecule has 134 valence electrons. The van der Waals surface area contributed by atoms with Crippen LogP contribution >= 0.6 is 0 Å². The molecule has 2 aromatic carbocycles. The average Bonchev–Trinajstić information content (AvgIpc) is 2.63. The highest BCUT2D eigenvalue weighted by molar-refractivity contribution is 5.93. The van der Waals surface area contributed by atoms with E-state index < -0.39 is 5.97 Å². The Hall–Kier alpha value is -3.27. The molecule has 0 bridgehead atoms. The van der Waals surface area contributed by atoms with Crippen molar-refractivity contribution in [2.75, 3.05) is 6.61 Å². The molecular weight excluding hydrogens is 328 g/mol. The minimum Gasteiger partial charge on any atom is -0.489 e. The van der Waals surface area contributed by atoms with Crippen LogP contribution in [0, 0.1) is 6.92 Å². The lowest BCUT2D eigenvalue weighted by Crippen LogP contribution is -2.07. The number of carboxylic acid groups (broad SMARTS) is 1. The number of aryl methyl sites for hydroxylation is 1. The first-order valence-electron chi connectivity index (χ1n) is 8.23. The van der Waals surface area contributed by atoms with Crippen LogP contribution in [0.1, 0.15) is 21.5 Å². The Morgan fingerprint density at radius 2 is 1.88 bits per heavy atom. The molecule has 0 amide bonds. The van der Waals surface area contributed by atoms with Crippen LogP contribution in [-0.4, -0.2) is 17.7 Å². The molecule has 0 saturated carbocycles. The van der Waals surface area contributed by atoms with E-state index >= 15 is 0 Å². The molecule has 0 aromatic heterocycles. The molecule has 0 saturated heterocycles. The highest BCUT2D eigenvalue weighted by Crippen LogP contribution is 2.29. The SMILES string of the molecule is C=C/C=C\C=C\COc1cc(OCc2ccccc2)cc(C)c1C(=O)O. The summed E-state index contributed by atoms with van der Waals surface area (Å²) < 4.78 is 11.4. The van der Waals surface area contributed by atoms with Gasteiger partial charge in [0.25, 0.3) is 0 Å². The number of benzene rings is 2. The number of rotatable bonds is 9. The summed E-state index contributed by atoms with van der Waals surface area (Å²) in [4.78, 5) is 11.5. The molecule has 26 heavy (non-hydrogen) atoms. The number of aromatic carboxylic acids is 1. The third-order valence-electron chi connectivity index (χ3n) is 3.56. The second-order valence-corrected chi connectivity index (χ2v) is 5.55. The van der Waals surface area contributed by atoms with Crippen LogP contribution < -0.4 is 9.47 Å². The number of ether oxygens (including phenoxy) is 2. The van der Waals surface area contributed by atoms with Gasteiger partial charge in [-0.1, -0.05) is 61.2 Å².